The second-order valence-electron chi connectivity index (χ2n) is 2.38. The number of carbonyl (C=O) groups excluding carboxylic acids is 2. The number of rotatable bonds is 3. The van der Waals surface area contributed by atoms with Crippen molar-refractivity contribution in [2.75, 3.05) is 19.8 Å². The summed E-state index contributed by atoms with van der Waals surface area (Å²) in [5, 5.41) is 2.92. The molecule has 0 radical (unpaired) electrons. The monoisotopic (exact) mass is 173 g/mol. The average Bonchev–Trinajstić information content (AvgIpc) is 2.06. The van der Waals surface area contributed by atoms with Gasteiger partial charge >= 0.3 is 5.97 Å². The number of hydrogen-bond donors (Lipinski definition) is 1. The van der Waals surface area contributed by atoms with E-state index in [-0.39, 0.29) is 6.42 Å². The summed E-state index contributed by atoms with van der Waals surface area (Å²) in [5.41, 5.74) is 0. The molecule has 1 fully saturated rings. The molecule has 0 bridgehead atoms. The van der Waals surface area contributed by atoms with Gasteiger partial charge in [0.25, 0.3) is 0 Å². The number of aldehydes is 1. The van der Waals surface area contributed by atoms with Crippen LogP contribution in [0.1, 0.15) is 6.42 Å². The first-order chi connectivity index (χ1) is 5.83. The Balaban J connectivity index is 2.19. The minimum atomic E-state index is -0.520. The largest absolute Gasteiger partial charge is 0.444 e. The van der Waals surface area contributed by atoms with Crippen molar-refractivity contribution in [2.45, 2.75) is 12.6 Å². The highest BCUT2D eigenvalue weighted by molar-refractivity contribution is 5.83. The summed E-state index contributed by atoms with van der Waals surface area (Å²) >= 11 is 0. The maximum atomic E-state index is 10.8. The van der Waals surface area contributed by atoms with Crippen molar-refractivity contribution in [3.05, 3.63) is 0 Å². The van der Waals surface area contributed by atoms with Gasteiger partial charge in [-0.25, -0.2) is 0 Å². The molecule has 0 spiro atoms. The lowest BCUT2D eigenvalue weighted by atomic mass is 10.4. The molecule has 1 rings (SSSR count). The van der Waals surface area contributed by atoms with Gasteiger partial charge in [-0.05, 0) is 0 Å². The van der Waals surface area contributed by atoms with Crippen LogP contribution >= 0.6 is 0 Å². The Hall–Kier alpha value is -0.940. The SMILES string of the molecule is O=CCC(=O)OC1COCCN1. The number of hydrogen-bond acceptors (Lipinski definition) is 5. The van der Waals surface area contributed by atoms with E-state index in [1.165, 1.54) is 0 Å². The molecule has 0 saturated carbocycles. The average molecular weight is 173 g/mol. The zero-order valence-corrected chi connectivity index (χ0v) is 6.62. The van der Waals surface area contributed by atoms with E-state index in [9.17, 15) is 9.59 Å². The maximum absolute atomic E-state index is 10.8. The molecule has 1 heterocycles. The van der Waals surface area contributed by atoms with E-state index in [1.54, 1.807) is 0 Å². The number of carbonyl (C=O) groups is 2. The van der Waals surface area contributed by atoms with Gasteiger partial charge in [0, 0.05) is 6.54 Å². The van der Waals surface area contributed by atoms with E-state index >= 15 is 0 Å². The third kappa shape index (κ3) is 2.98. The number of morpholine rings is 1. The molecule has 5 nitrogen and oxygen atoms in total. The van der Waals surface area contributed by atoms with Crippen LogP contribution in [0.2, 0.25) is 0 Å². The van der Waals surface area contributed by atoms with Crippen LogP contribution in [0.5, 0.6) is 0 Å². The van der Waals surface area contributed by atoms with Crippen molar-refractivity contribution in [1.82, 2.24) is 5.32 Å². The molecule has 1 N–H and O–H groups in total. The lowest BCUT2D eigenvalue weighted by molar-refractivity contribution is -0.157. The van der Waals surface area contributed by atoms with Crippen LogP contribution < -0.4 is 5.32 Å². The molecule has 1 unspecified atom stereocenters. The van der Waals surface area contributed by atoms with Crippen molar-refractivity contribution in [1.29, 1.82) is 0 Å². The topological polar surface area (TPSA) is 64.6 Å². The van der Waals surface area contributed by atoms with Gasteiger partial charge in [0.1, 0.15) is 12.7 Å². The Morgan fingerprint density at radius 1 is 1.75 bits per heavy atom. The first-order valence-electron chi connectivity index (χ1n) is 3.77. The molecule has 5 heteroatoms. The Labute approximate surface area is 70.0 Å². The smallest absolute Gasteiger partial charge is 0.314 e. The number of esters is 1. The van der Waals surface area contributed by atoms with Crippen molar-refractivity contribution in [2.24, 2.45) is 0 Å². The zero-order chi connectivity index (χ0) is 8.81. The van der Waals surface area contributed by atoms with Crippen LogP contribution in [-0.2, 0) is 19.1 Å². The predicted molar refractivity (Wildman–Crippen MR) is 39.4 cm³/mol. The van der Waals surface area contributed by atoms with Gasteiger partial charge in [-0.15, -0.1) is 0 Å². The third-order valence-electron chi connectivity index (χ3n) is 1.41. The summed E-state index contributed by atoms with van der Waals surface area (Å²) in [4.78, 5) is 20.7. The highest BCUT2D eigenvalue weighted by atomic mass is 16.6. The van der Waals surface area contributed by atoms with Crippen molar-refractivity contribution >= 4 is 12.3 Å². The van der Waals surface area contributed by atoms with Crippen LogP contribution in [0.25, 0.3) is 0 Å². The first kappa shape index (κ1) is 9.15. The molecule has 1 aliphatic heterocycles. The summed E-state index contributed by atoms with van der Waals surface area (Å²) in [5.74, 6) is -0.520. The molecule has 0 aliphatic carbocycles. The molecular weight excluding hydrogens is 162 g/mol. The lowest BCUT2D eigenvalue weighted by Gasteiger charge is -2.23. The van der Waals surface area contributed by atoms with Gasteiger partial charge in [-0.2, -0.15) is 0 Å². The van der Waals surface area contributed by atoms with Crippen LogP contribution in [0, 0.1) is 0 Å². The van der Waals surface area contributed by atoms with E-state index in [4.69, 9.17) is 9.47 Å². The van der Waals surface area contributed by atoms with Crippen molar-refractivity contribution in [3.8, 4) is 0 Å². The van der Waals surface area contributed by atoms with Gasteiger partial charge in [0.05, 0.1) is 13.2 Å². The Kier molecular flexibility index (Phi) is 3.69. The van der Waals surface area contributed by atoms with Crippen molar-refractivity contribution in [3.63, 3.8) is 0 Å². The summed E-state index contributed by atoms with van der Waals surface area (Å²) in [6.07, 6.45) is -0.0734. The molecule has 0 aromatic rings. The fourth-order valence-electron chi connectivity index (χ4n) is 0.892. The fraction of sp³-hybridized carbons (Fsp3) is 0.714. The van der Waals surface area contributed by atoms with Crippen LogP contribution in [0.4, 0.5) is 0 Å². The van der Waals surface area contributed by atoms with E-state index in [1.807, 2.05) is 0 Å². The van der Waals surface area contributed by atoms with Gasteiger partial charge in [-0.1, -0.05) is 0 Å². The van der Waals surface area contributed by atoms with Gasteiger partial charge in [-0.3, -0.25) is 10.1 Å². The highest BCUT2D eigenvalue weighted by Crippen LogP contribution is 1.96. The third-order valence-corrected chi connectivity index (χ3v) is 1.41. The minimum absolute atomic E-state index is 0.196. The van der Waals surface area contributed by atoms with Crippen molar-refractivity contribution < 1.29 is 19.1 Å². The summed E-state index contributed by atoms with van der Waals surface area (Å²) < 4.78 is 9.86. The Bertz CT molecular complexity index is 165. The number of nitrogens with one attached hydrogen (secondary N) is 1. The lowest BCUT2D eigenvalue weighted by Crippen LogP contribution is -2.44. The van der Waals surface area contributed by atoms with E-state index in [0.29, 0.717) is 26.0 Å². The summed E-state index contributed by atoms with van der Waals surface area (Å²) in [7, 11) is 0. The van der Waals surface area contributed by atoms with Gasteiger partial charge in [0.2, 0.25) is 0 Å². The standard InChI is InChI=1S/C7H11NO4/c9-3-1-7(10)12-6-5-11-4-2-8-6/h3,6,8H,1-2,4-5H2. The normalized spacial score (nSPS) is 23.2. The fourth-order valence-corrected chi connectivity index (χ4v) is 0.892. The second kappa shape index (κ2) is 4.84. The minimum Gasteiger partial charge on any atom is -0.444 e. The number of ether oxygens (including phenoxy) is 2. The summed E-state index contributed by atoms with van der Waals surface area (Å²) in [6, 6.07) is 0. The van der Waals surface area contributed by atoms with E-state index in [0.717, 1.165) is 0 Å². The molecule has 0 aromatic heterocycles. The van der Waals surface area contributed by atoms with Crippen LogP contribution in [0.3, 0.4) is 0 Å². The van der Waals surface area contributed by atoms with Crippen LogP contribution in [0.15, 0.2) is 0 Å². The molecule has 1 atom stereocenters. The molecule has 1 aliphatic rings. The second-order valence-corrected chi connectivity index (χ2v) is 2.38. The van der Waals surface area contributed by atoms with E-state index in [2.05, 4.69) is 5.32 Å². The van der Waals surface area contributed by atoms with E-state index < -0.39 is 12.2 Å². The maximum Gasteiger partial charge on any atom is 0.314 e. The predicted octanol–water partition coefficient (Wildman–Crippen LogP) is -0.935. The Morgan fingerprint density at radius 2 is 2.58 bits per heavy atom. The Morgan fingerprint density at radius 3 is 3.17 bits per heavy atom. The van der Waals surface area contributed by atoms with Gasteiger partial charge in [0.15, 0.2) is 6.23 Å². The zero-order valence-electron chi connectivity index (χ0n) is 6.62. The molecule has 1 saturated heterocycles. The molecule has 68 valence electrons. The molecule has 12 heavy (non-hydrogen) atoms. The summed E-state index contributed by atoms with van der Waals surface area (Å²) in [6.45, 7) is 1.64. The van der Waals surface area contributed by atoms with Gasteiger partial charge < -0.3 is 14.3 Å². The van der Waals surface area contributed by atoms with Crippen LogP contribution in [-0.4, -0.2) is 38.2 Å². The molecule has 0 aromatic carbocycles. The highest BCUT2D eigenvalue weighted by Gasteiger charge is 2.16. The molecular formula is C7H11NO4. The quantitative estimate of drug-likeness (QED) is 0.339. The first-order valence-corrected chi connectivity index (χ1v) is 3.77. The molecule has 0 amide bonds.